The number of benzene rings is 1. The third-order valence-corrected chi connectivity index (χ3v) is 3.90. The first-order valence-corrected chi connectivity index (χ1v) is 7.65. The van der Waals surface area contributed by atoms with Gasteiger partial charge < -0.3 is 4.74 Å². The van der Waals surface area contributed by atoms with E-state index in [1.807, 2.05) is 0 Å². The van der Waals surface area contributed by atoms with Gasteiger partial charge in [-0.1, -0.05) is 43.1 Å². The van der Waals surface area contributed by atoms with Crippen LogP contribution in [0.1, 0.15) is 13.8 Å². The fourth-order valence-electron chi connectivity index (χ4n) is 1.47. The average Bonchev–Trinajstić information content (AvgIpc) is 2.12. The van der Waals surface area contributed by atoms with Gasteiger partial charge in [0.05, 0.1) is 22.4 Å². The fraction of sp³-hybridized carbons (Fsp3) is 0.455. The number of ether oxygens (including phenoxy) is 1. The standard InChI is InChI=1S/C11H15Cl2NO3S/c1-11(2,7-18(14,15)16)6-17-10-8(12)4-3-5-9(10)13/h3-5H,6-7H2,1-2H3,(H2,14,15,16). The lowest BCUT2D eigenvalue weighted by Crippen LogP contribution is -2.33. The van der Waals surface area contributed by atoms with Crippen LogP contribution in [-0.2, 0) is 10.0 Å². The SMILES string of the molecule is CC(C)(COc1c(Cl)cccc1Cl)CS(N)(=O)=O. The van der Waals surface area contributed by atoms with Crippen LogP contribution in [0.4, 0.5) is 0 Å². The minimum Gasteiger partial charge on any atom is -0.490 e. The van der Waals surface area contributed by atoms with Crippen molar-refractivity contribution in [2.24, 2.45) is 10.6 Å². The van der Waals surface area contributed by atoms with Gasteiger partial charge in [0, 0.05) is 5.41 Å². The van der Waals surface area contributed by atoms with Crippen molar-refractivity contribution in [1.82, 2.24) is 0 Å². The highest BCUT2D eigenvalue weighted by Gasteiger charge is 2.25. The third kappa shape index (κ3) is 5.02. The molecule has 0 radical (unpaired) electrons. The number of sulfonamides is 1. The van der Waals surface area contributed by atoms with Crippen molar-refractivity contribution in [3.05, 3.63) is 28.2 Å². The lowest BCUT2D eigenvalue weighted by Gasteiger charge is -2.24. The van der Waals surface area contributed by atoms with E-state index in [-0.39, 0.29) is 12.4 Å². The Morgan fingerprint density at radius 1 is 1.28 bits per heavy atom. The topological polar surface area (TPSA) is 69.4 Å². The second-order valence-electron chi connectivity index (χ2n) is 4.81. The Hall–Kier alpha value is -0.490. The summed E-state index contributed by atoms with van der Waals surface area (Å²) < 4.78 is 27.6. The first-order valence-electron chi connectivity index (χ1n) is 5.18. The molecule has 7 heteroatoms. The summed E-state index contributed by atoms with van der Waals surface area (Å²) in [6.45, 7) is 3.62. The Morgan fingerprint density at radius 3 is 2.22 bits per heavy atom. The van der Waals surface area contributed by atoms with E-state index in [4.69, 9.17) is 33.1 Å². The zero-order valence-corrected chi connectivity index (χ0v) is 12.4. The second-order valence-corrected chi connectivity index (χ2v) is 7.24. The molecular weight excluding hydrogens is 297 g/mol. The molecule has 102 valence electrons. The molecule has 0 spiro atoms. The lowest BCUT2D eigenvalue weighted by atomic mass is 9.98. The van der Waals surface area contributed by atoms with Crippen LogP contribution in [0.5, 0.6) is 5.75 Å². The largest absolute Gasteiger partial charge is 0.490 e. The first-order chi connectivity index (χ1) is 8.11. The fourth-order valence-corrected chi connectivity index (χ4v) is 3.15. The van der Waals surface area contributed by atoms with Crippen molar-refractivity contribution in [2.75, 3.05) is 12.4 Å². The zero-order chi connectivity index (χ0) is 14.0. The molecule has 0 amide bonds. The van der Waals surface area contributed by atoms with Gasteiger partial charge in [-0.2, -0.15) is 0 Å². The Balaban J connectivity index is 2.76. The van der Waals surface area contributed by atoms with Crippen LogP contribution in [0.2, 0.25) is 10.0 Å². The van der Waals surface area contributed by atoms with Crippen LogP contribution in [0.25, 0.3) is 0 Å². The summed E-state index contributed by atoms with van der Waals surface area (Å²) in [6, 6.07) is 5.00. The van der Waals surface area contributed by atoms with Gasteiger partial charge in [0.2, 0.25) is 10.0 Å². The predicted octanol–water partition coefficient (Wildman–Crippen LogP) is 2.69. The Labute approximate surface area is 117 Å². The average molecular weight is 312 g/mol. The molecule has 2 N–H and O–H groups in total. The highest BCUT2D eigenvalue weighted by Crippen LogP contribution is 2.33. The summed E-state index contributed by atoms with van der Waals surface area (Å²) in [4.78, 5) is 0. The number of primary sulfonamides is 1. The van der Waals surface area contributed by atoms with Gasteiger partial charge in [-0.05, 0) is 12.1 Å². The summed E-state index contributed by atoms with van der Waals surface area (Å²) in [6.07, 6.45) is 0. The van der Waals surface area contributed by atoms with E-state index in [1.165, 1.54) is 0 Å². The molecule has 1 rings (SSSR count). The molecule has 4 nitrogen and oxygen atoms in total. The van der Waals surface area contributed by atoms with Gasteiger partial charge in [-0.3, -0.25) is 0 Å². The minimum absolute atomic E-state index is 0.146. The van der Waals surface area contributed by atoms with Crippen LogP contribution in [0, 0.1) is 5.41 Å². The molecule has 0 fully saturated rings. The summed E-state index contributed by atoms with van der Waals surface area (Å²) in [5.74, 6) is 0.172. The van der Waals surface area contributed by atoms with Gasteiger partial charge in [0.1, 0.15) is 0 Å². The van der Waals surface area contributed by atoms with E-state index in [9.17, 15) is 8.42 Å². The van der Waals surface area contributed by atoms with Crippen molar-refractivity contribution in [2.45, 2.75) is 13.8 Å². The quantitative estimate of drug-likeness (QED) is 0.909. The van der Waals surface area contributed by atoms with Crippen LogP contribution in [-0.4, -0.2) is 20.8 Å². The molecule has 0 bridgehead atoms. The molecule has 0 saturated carbocycles. The molecular formula is C11H15Cl2NO3S. The Bertz CT molecular complexity index is 509. The predicted molar refractivity (Wildman–Crippen MR) is 73.7 cm³/mol. The number of hydrogen-bond acceptors (Lipinski definition) is 3. The molecule has 0 heterocycles. The first kappa shape index (κ1) is 15.6. The van der Waals surface area contributed by atoms with Gasteiger partial charge in [0.25, 0.3) is 0 Å². The molecule has 0 aliphatic carbocycles. The van der Waals surface area contributed by atoms with E-state index in [0.29, 0.717) is 15.8 Å². The number of para-hydroxylation sites is 1. The maximum Gasteiger partial charge on any atom is 0.209 e. The third-order valence-electron chi connectivity index (χ3n) is 2.12. The maximum absolute atomic E-state index is 11.1. The molecule has 0 aliphatic rings. The van der Waals surface area contributed by atoms with E-state index in [0.717, 1.165) is 0 Å². The van der Waals surface area contributed by atoms with Crippen molar-refractivity contribution in [3.8, 4) is 5.75 Å². The molecule has 0 saturated heterocycles. The monoisotopic (exact) mass is 311 g/mol. The van der Waals surface area contributed by atoms with Gasteiger partial charge in [-0.25, -0.2) is 13.6 Å². The summed E-state index contributed by atoms with van der Waals surface area (Å²) in [7, 11) is -3.55. The number of rotatable bonds is 5. The molecule has 1 aromatic carbocycles. The van der Waals surface area contributed by atoms with Crippen LogP contribution in [0.15, 0.2) is 18.2 Å². The van der Waals surface area contributed by atoms with Crippen molar-refractivity contribution < 1.29 is 13.2 Å². The molecule has 18 heavy (non-hydrogen) atoms. The highest BCUT2D eigenvalue weighted by molar-refractivity contribution is 7.89. The smallest absolute Gasteiger partial charge is 0.209 e. The van der Waals surface area contributed by atoms with E-state index < -0.39 is 15.4 Å². The number of hydrogen-bond donors (Lipinski definition) is 1. The van der Waals surface area contributed by atoms with E-state index in [2.05, 4.69) is 0 Å². The molecule has 0 unspecified atom stereocenters. The van der Waals surface area contributed by atoms with Crippen LogP contribution < -0.4 is 9.88 Å². The minimum atomic E-state index is -3.55. The molecule has 0 aromatic heterocycles. The van der Waals surface area contributed by atoms with Crippen LogP contribution >= 0.6 is 23.2 Å². The Morgan fingerprint density at radius 2 is 1.78 bits per heavy atom. The molecule has 0 atom stereocenters. The van der Waals surface area contributed by atoms with Crippen molar-refractivity contribution in [1.29, 1.82) is 0 Å². The van der Waals surface area contributed by atoms with Gasteiger partial charge >= 0.3 is 0 Å². The zero-order valence-electron chi connectivity index (χ0n) is 10.1. The second kappa shape index (κ2) is 5.65. The maximum atomic E-state index is 11.1. The van der Waals surface area contributed by atoms with Crippen LogP contribution in [0.3, 0.4) is 0 Å². The Kier molecular flexibility index (Phi) is 4.89. The van der Waals surface area contributed by atoms with Crippen molar-refractivity contribution in [3.63, 3.8) is 0 Å². The van der Waals surface area contributed by atoms with Gasteiger partial charge in [0.15, 0.2) is 5.75 Å². The normalized spacial score (nSPS) is 12.5. The molecule has 1 aromatic rings. The van der Waals surface area contributed by atoms with Gasteiger partial charge in [-0.15, -0.1) is 0 Å². The summed E-state index contributed by atoms with van der Waals surface area (Å²) in [5, 5.41) is 5.78. The van der Waals surface area contributed by atoms with Crippen molar-refractivity contribution >= 4 is 33.2 Å². The van der Waals surface area contributed by atoms with E-state index in [1.54, 1.807) is 32.0 Å². The van der Waals surface area contributed by atoms with E-state index >= 15 is 0 Å². The number of nitrogens with two attached hydrogens (primary N) is 1. The summed E-state index contributed by atoms with van der Waals surface area (Å²) >= 11 is 11.9. The lowest BCUT2D eigenvalue weighted by molar-refractivity contribution is 0.200. The summed E-state index contributed by atoms with van der Waals surface area (Å²) in [5.41, 5.74) is -0.629. The molecule has 0 aliphatic heterocycles. The highest BCUT2D eigenvalue weighted by atomic mass is 35.5. The number of halogens is 2.